The number of carboxylic acids is 1. The Labute approximate surface area is 125 Å². The fourth-order valence-electron chi connectivity index (χ4n) is 1.54. The molecule has 0 saturated heterocycles. The molecule has 1 aromatic heterocycles. The SMILES string of the molecule is O=C(O)c1cc(NC(=O)c2ncccc2Br)c(F)cc1F. The zero-order valence-electron chi connectivity index (χ0n) is 10.2. The van der Waals surface area contributed by atoms with E-state index in [9.17, 15) is 18.4 Å². The molecule has 0 fully saturated rings. The number of aromatic carboxylic acids is 1. The van der Waals surface area contributed by atoms with Crippen molar-refractivity contribution in [3.63, 3.8) is 0 Å². The second-order valence-corrected chi connectivity index (χ2v) is 4.76. The van der Waals surface area contributed by atoms with Crippen LogP contribution in [0.1, 0.15) is 20.8 Å². The minimum absolute atomic E-state index is 0.0156. The van der Waals surface area contributed by atoms with Crippen molar-refractivity contribution in [3.05, 3.63) is 57.8 Å². The molecule has 0 radical (unpaired) electrons. The lowest BCUT2D eigenvalue weighted by atomic mass is 10.1. The van der Waals surface area contributed by atoms with Crippen molar-refractivity contribution in [1.82, 2.24) is 4.98 Å². The van der Waals surface area contributed by atoms with Crippen molar-refractivity contribution >= 4 is 33.5 Å². The summed E-state index contributed by atoms with van der Waals surface area (Å²) in [5.74, 6) is -4.64. The number of amides is 1. The Hall–Kier alpha value is -2.35. The third-order valence-electron chi connectivity index (χ3n) is 2.51. The van der Waals surface area contributed by atoms with Gasteiger partial charge in [0.1, 0.15) is 17.3 Å². The highest BCUT2D eigenvalue weighted by Gasteiger charge is 2.18. The average molecular weight is 357 g/mol. The van der Waals surface area contributed by atoms with Crippen LogP contribution in [0.15, 0.2) is 34.9 Å². The van der Waals surface area contributed by atoms with Gasteiger partial charge in [-0.25, -0.2) is 18.6 Å². The highest BCUT2D eigenvalue weighted by molar-refractivity contribution is 9.10. The van der Waals surface area contributed by atoms with E-state index in [1.54, 1.807) is 12.1 Å². The molecular weight excluding hydrogens is 350 g/mol. The fraction of sp³-hybridized carbons (Fsp3) is 0. The molecule has 1 heterocycles. The third kappa shape index (κ3) is 3.22. The van der Waals surface area contributed by atoms with Gasteiger partial charge in [-0.15, -0.1) is 0 Å². The van der Waals surface area contributed by atoms with Gasteiger partial charge in [-0.05, 0) is 34.1 Å². The maximum Gasteiger partial charge on any atom is 0.338 e. The first-order valence-corrected chi connectivity index (χ1v) is 6.33. The van der Waals surface area contributed by atoms with Crippen molar-refractivity contribution in [2.45, 2.75) is 0 Å². The van der Waals surface area contributed by atoms with Gasteiger partial charge in [-0.2, -0.15) is 0 Å². The number of rotatable bonds is 3. The van der Waals surface area contributed by atoms with Crippen molar-refractivity contribution in [3.8, 4) is 0 Å². The van der Waals surface area contributed by atoms with Gasteiger partial charge in [0.2, 0.25) is 0 Å². The Morgan fingerprint density at radius 2 is 1.95 bits per heavy atom. The van der Waals surface area contributed by atoms with Crippen LogP contribution in [0, 0.1) is 11.6 Å². The van der Waals surface area contributed by atoms with Crippen LogP contribution < -0.4 is 5.32 Å². The number of carbonyl (C=O) groups is 2. The number of carbonyl (C=O) groups excluding carboxylic acids is 1. The summed E-state index contributed by atoms with van der Waals surface area (Å²) in [5, 5.41) is 10.9. The molecule has 0 aliphatic heterocycles. The highest BCUT2D eigenvalue weighted by Crippen LogP contribution is 2.21. The molecule has 0 saturated carbocycles. The first-order chi connectivity index (χ1) is 9.90. The summed E-state index contributed by atoms with van der Waals surface area (Å²) in [4.78, 5) is 26.5. The number of aromatic nitrogens is 1. The maximum atomic E-state index is 13.6. The summed E-state index contributed by atoms with van der Waals surface area (Å²) < 4.78 is 27.2. The van der Waals surface area contributed by atoms with Crippen LogP contribution in [0.2, 0.25) is 0 Å². The molecular formula is C13H7BrF2N2O3. The first kappa shape index (κ1) is 15.0. The van der Waals surface area contributed by atoms with E-state index in [0.29, 0.717) is 16.6 Å². The van der Waals surface area contributed by atoms with Gasteiger partial charge in [0.05, 0.1) is 11.3 Å². The van der Waals surface area contributed by atoms with Crippen LogP contribution in [0.4, 0.5) is 14.5 Å². The lowest BCUT2D eigenvalue weighted by molar-refractivity contribution is 0.0691. The largest absolute Gasteiger partial charge is 0.478 e. The molecule has 108 valence electrons. The Balaban J connectivity index is 2.36. The van der Waals surface area contributed by atoms with Crippen LogP contribution in [0.5, 0.6) is 0 Å². The summed E-state index contributed by atoms with van der Waals surface area (Å²) in [7, 11) is 0. The number of nitrogens with one attached hydrogen (secondary N) is 1. The average Bonchev–Trinajstić information content (AvgIpc) is 2.41. The van der Waals surface area contributed by atoms with Gasteiger partial charge in [-0.1, -0.05) is 0 Å². The Morgan fingerprint density at radius 1 is 1.24 bits per heavy atom. The normalized spacial score (nSPS) is 10.2. The molecule has 0 bridgehead atoms. The minimum Gasteiger partial charge on any atom is -0.478 e. The van der Waals surface area contributed by atoms with Crippen molar-refractivity contribution < 1.29 is 23.5 Å². The van der Waals surface area contributed by atoms with E-state index in [4.69, 9.17) is 5.11 Å². The zero-order chi connectivity index (χ0) is 15.6. The van der Waals surface area contributed by atoms with E-state index in [1.807, 2.05) is 0 Å². The second kappa shape index (κ2) is 5.96. The fourth-order valence-corrected chi connectivity index (χ4v) is 1.98. The molecule has 2 rings (SSSR count). The molecule has 21 heavy (non-hydrogen) atoms. The topological polar surface area (TPSA) is 79.3 Å². The Bertz CT molecular complexity index is 737. The summed E-state index contributed by atoms with van der Waals surface area (Å²) in [6.45, 7) is 0. The molecule has 0 spiro atoms. The van der Waals surface area contributed by atoms with Gasteiger partial charge < -0.3 is 10.4 Å². The second-order valence-electron chi connectivity index (χ2n) is 3.91. The minimum atomic E-state index is -1.57. The number of nitrogens with zero attached hydrogens (tertiary/aromatic N) is 1. The third-order valence-corrected chi connectivity index (χ3v) is 3.15. The highest BCUT2D eigenvalue weighted by atomic mass is 79.9. The van der Waals surface area contributed by atoms with Gasteiger partial charge >= 0.3 is 5.97 Å². The maximum absolute atomic E-state index is 13.6. The van der Waals surface area contributed by atoms with Crippen LogP contribution in [0.25, 0.3) is 0 Å². The molecule has 0 aliphatic rings. The van der Waals surface area contributed by atoms with Crippen molar-refractivity contribution in [1.29, 1.82) is 0 Å². The number of halogens is 3. The smallest absolute Gasteiger partial charge is 0.338 e. The lowest BCUT2D eigenvalue weighted by Crippen LogP contribution is -2.16. The molecule has 8 heteroatoms. The zero-order valence-corrected chi connectivity index (χ0v) is 11.8. The predicted octanol–water partition coefficient (Wildman–Crippen LogP) is 3.07. The number of hydrogen-bond donors (Lipinski definition) is 2. The quantitative estimate of drug-likeness (QED) is 0.885. The monoisotopic (exact) mass is 356 g/mol. The van der Waals surface area contributed by atoms with Gasteiger partial charge in [0.15, 0.2) is 0 Å². The van der Waals surface area contributed by atoms with Crippen molar-refractivity contribution in [2.24, 2.45) is 0 Å². The van der Waals surface area contributed by atoms with Crippen molar-refractivity contribution in [2.75, 3.05) is 5.32 Å². The summed E-state index contributed by atoms with van der Waals surface area (Å²) in [5.41, 5.74) is -1.21. The predicted molar refractivity (Wildman–Crippen MR) is 73.2 cm³/mol. The molecule has 0 atom stereocenters. The molecule has 2 aromatic rings. The van der Waals surface area contributed by atoms with Crippen LogP contribution in [-0.2, 0) is 0 Å². The lowest BCUT2D eigenvalue weighted by Gasteiger charge is -2.08. The van der Waals surface area contributed by atoms with Crippen LogP contribution in [0.3, 0.4) is 0 Å². The summed E-state index contributed by atoms with van der Waals surface area (Å²) >= 11 is 3.11. The first-order valence-electron chi connectivity index (χ1n) is 5.54. The van der Waals surface area contributed by atoms with E-state index in [0.717, 1.165) is 0 Å². The van der Waals surface area contributed by atoms with E-state index in [-0.39, 0.29) is 5.69 Å². The summed E-state index contributed by atoms with van der Waals surface area (Å²) in [6.07, 6.45) is 1.36. The molecule has 0 aliphatic carbocycles. The molecule has 1 amide bonds. The van der Waals surface area contributed by atoms with Crippen LogP contribution >= 0.6 is 15.9 Å². The Morgan fingerprint density at radius 3 is 2.57 bits per heavy atom. The molecule has 2 N–H and O–H groups in total. The van der Waals surface area contributed by atoms with Gasteiger partial charge in [-0.3, -0.25) is 4.79 Å². The number of pyridine rings is 1. The molecule has 5 nitrogen and oxygen atoms in total. The van der Waals surface area contributed by atoms with E-state index < -0.39 is 34.8 Å². The molecule has 0 unspecified atom stereocenters. The number of anilines is 1. The Kier molecular flexibility index (Phi) is 4.27. The van der Waals surface area contributed by atoms with E-state index in [1.165, 1.54) is 6.20 Å². The van der Waals surface area contributed by atoms with Crippen LogP contribution in [-0.4, -0.2) is 22.0 Å². The number of hydrogen-bond acceptors (Lipinski definition) is 3. The number of benzene rings is 1. The van der Waals surface area contributed by atoms with Gasteiger partial charge in [0, 0.05) is 16.7 Å². The standard InChI is InChI=1S/C13H7BrF2N2O3/c14-7-2-1-3-17-11(7)12(19)18-10-4-6(13(20)21)8(15)5-9(10)16/h1-5H,(H,18,19)(H,20,21). The van der Waals surface area contributed by atoms with Gasteiger partial charge in [0.25, 0.3) is 5.91 Å². The van der Waals surface area contributed by atoms with E-state index >= 15 is 0 Å². The van der Waals surface area contributed by atoms with E-state index in [2.05, 4.69) is 26.2 Å². The number of carboxylic acid groups (broad SMARTS) is 1. The molecule has 1 aromatic carbocycles. The summed E-state index contributed by atoms with van der Waals surface area (Å²) in [6, 6.07) is 4.25.